The smallest absolute Gasteiger partial charge is 0.255 e. The molecule has 7 rings (SSSR count). The number of anilines is 2. The summed E-state index contributed by atoms with van der Waals surface area (Å²) in [5.74, 6) is 1.22. The van der Waals surface area contributed by atoms with E-state index in [-0.39, 0.29) is 17.7 Å². The number of nitrogens with one attached hydrogen (secondary N) is 2. The van der Waals surface area contributed by atoms with Gasteiger partial charge in [-0.25, -0.2) is 0 Å². The summed E-state index contributed by atoms with van der Waals surface area (Å²) in [5, 5.41) is 4.26. The highest BCUT2D eigenvalue weighted by molar-refractivity contribution is 6.06. The molecule has 1 fully saturated rings. The summed E-state index contributed by atoms with van der Waals surface area (Å²) >= 11 is 0. The van der Waals surface area contributed by atoms with Crippen molar-refractivity contribution in [2.75, 3.05) is 23.3 Å². The predicted octanol–water partition coefficient (Wildman–Crippen LogP) is 9.22. The number of amides is 2. The second kappa shape index (κ2) is 13.0. The van der Waals surface area contributed by atoms with Crippen LogP contribution in [0.25, 0.3) is 22.2 Å². The number of H-pyrrole nitrogens is 1. The highest BCUT2D eigenvalue weighted by atomic mass is 16.2. The van der Waals surface area contributed by atoms with Gasteiger partial charge in [0.2, 0.25) is 5.91 Å². The van der Waals surface area contributed by atoms with Gasteiger partial charge in [0.05, 0.1) is 11.7 Å². The lowest BCUT2D eigenvalue weighted by Gasteiger charge is -2.36. The molecular formula is C42H46N4O2. The molecule has 4 atom stereocenters. The van der Waals surface area contributed by atoms with Gasteiger partial charge in [-0.3, -0.25) is 9.59 Å². The van der Waals surface area contributed by atoms with Crippen molar-refractivity contribution in [3.8, 4) is 11.3 Å². The third-order valence-corrected chi connectivity index (χ3v) is 10.1. The quantitative estimate of drug-likeness (QED) is 0.178. The van der Waals surface area contributed by atoms with Crippen LogP contribution in [0.3, 0.4) is 0 Å². The first-order chi connectivity index (χ1) is 23.2. The number of benzene rings is 4. The number of carbonyl (C=O) groups excluding carboxylic acids is 2. The van der Waals surface area contributed by atoms with Gasteiger partial charge in [-0.15, -0.1) is 0 Å². The maximum atomic E-state index is 14.5. The Kier molecular flexibility index (Phi) is 8.59. The zero-order valence-corrected chi connectivity index (χ0v) is 28.7. The topological polar surface area (TPSA) is 68.4 Å². The van der Waals surface area contributed by atoms with Crippen LogP contribution < -0.4 is 10.2 Å². The van der Waals surface area contributed by atoms with Gasteiger partial charge >= 0.3 is 0 Å². The van der Waals surface area contributed by atoms with E-state index in [9.17, 15) is 9.59 Å². The number of fused-ring (bicyclic) bond motifs is 2. The maximum absolute atomic E-state index is 14.5. The van der Waals surface area contributed by atoms with E-state index in [2.05, 4.69) is 98.4 Å². The van der Waals surface area contributed by atoms with E-state index >= 15 is 0 Å². The molecule has 4 aromatic carbocycles. The number of aromatic nitrogens is 1. The summed E-state index contributed by atoms with van der Waals surface area (Å²) < 4.78 is 0. The van der Waals surface area contributed by atoms with Crippen molar-refractivity contribution >= 4 is 34.1 Å². The zero-order chi connectivity index (χ0) is 33.5. The fourth-order valence-corrected chi connectivity index (χ4v) is 8.00. The Balaban J connectivity index is 1.28. The molecule has 2 amide bonds. The number of hydrogen-bond donors (Lipinski definition) is 2. The lowest BCUT2D eigenvalue weighted by Crippen LogP contribution is -2.47. The average molecular weight is 639 g/mol. The molecule has 0 spiro atoms. The summed E-state index contributed by atoms with van der Waals surface area (Å²) in [7, 11) is 0. The molecule has 48 heavy (non-hydrogen) atoms. The van der Waals surface area contributed by atoms with Crippen LogP contribution in [0.5, 0.6) is 0 Å². The van der Waals surface area contributed by atoms with Crippen LogP contribution in [0, 0.1) is 24.7 Å². The molecule has 1 aromatic heterocycles. The number of aromatic amines is 1. The summed E-state index contributed by atoms with van der Waals surface area (Å²) in [6.45, 7) is 13.0. The second-order valence-corrected chi connectivity index (χ2v) is 14.6. The van der Waals surface area contributed by atoms with Crippen molar-refractivity contribution < 1.29 is 9.59 Å². The SMILES string of the molecule is Cc1ccc(-c2[nH]c3ccccc3c2C2c3ccccc3C(=O)N2C(CC(C)C)C(=O)Nc2ccc(N3CC(C)CC(C)C3)cc2)cc1. The highest BCUT2D eigenvalue weighted by Gasteiger charge is 2.45. The van der Waals surface area contributed by atoms with Gasteiger partial charge in [-0.2, -0.15) is 0 Å². The summed E-state index contributed by atoms with van der Waals surface area (Å²) in [6, 6.07) is 31.7. The number of rotatable bonds is 8. The molecule has 1 saturated heterocycles. The first-order valence-corrected chi connectivity index (χ1v) is 17.4. The van der Waals surface area contributed by atoms with Crippen LogP contribution >= 0.6 is 0 Å². The first-order valence-electron chi connectivity index (χ1n) is 17.4. The Bertz CT molecular complexity index is 1930. The fraction of sp³-hybridized carbons (Fsp3) is 0.333. The third-order valence-electron chi connectivity index (χ3n) is 10.1. The van der Waals surface area contributed by atoms with Crippen LogP contribution in [-0.4, -0.2) is 40.8 Å². The van der Waals surface area contributed by atoms with Crippen molar-refractivity contribution in [2.24, 2.45) is 17.8 Å². The molecule has 5 aromatic rings. The molecular weight excluding hydrogens is 592 g/mol. The van der Waals surface area contributed by atoms with Crippen molar-refractivity contribution in [1.82, 2.24) is 9.88 Å². The Morgan fingerprint density at radius 1 is 0.875 bits per heavy atom. The van der Waals surface area contributed by atoms with Crippen LogP contribution in [0.1, 0.15) is 73.6 Å². The molecule has 0 bridgehead atoms. The molecule has 4 unspecified atom stereocenters. The molecule has 0 aliphatic carbocycles. The van der Waals surface area contributed by atoms with Gasteiger partial charge in [-0.1, -0.05) is 93.9 Å². The molecule has 6 nitrogen and oxygen atoms in total. The van der Waals surface area contributed by atoms with Crippen molar-refractivity contribution in [3.63, 3.8) is 0 Å². The summed E-state index contributed by atoms with van der Waals surface area (Å²) in [5.41, 5.74) is 8.71. The molecule has 2 aliphatic rings. The molecule has 0 radical (unpaired) electrons. The fourth-order valence-electron chi connectivity index (χ4n) is 8.00. The Morgan fingerprint density at radius 2 is 1.54 bits per heavy atom. The van der Waals surface area contributed by atoms with Crippen LogP contribution in [0.2, 0.25) is 0 Å². The number of nitrogens with zero attached hydrogens (tertiary/aromatic N) is 2. The van der Waals surface area contributed by atoms with Gasteiger partial charge in [0, 0.05) is 46.5 Å². The van der Waals surface area contributed by atoms with Gasteiger partial charge < -0.3 is 20.1 Å². The average Bonchev–Trinajstić information content (AvgIpc) is 3.58. The Labute approximate surface area is 284 Å². The summed E-state index contributed by atoms with van der Waals surface area (Å²) in [4.78, 5) is 37.0. The lowest BCUT2D eigenvalue weighted by atomic mass is 9.91. The summed E-state index contributed by atoms with van der Waals surface area (Å²) in [6.07, 6.45) is 1.79. The lowest BCUT2D eigenvalue weighted by molar-refractivity contribution is -0.121. The molecule has 246 valence electrons. The van der Waals surface area contributed by atoms with E-state index in [1.54, 1.807) is 0 Å². The van der Waals surface area contributed by atoms with Crippen LogP contribution in [-0.2, 0) is 4.79 Å². The van der Waals surface area contributed by atoms with Gasteiger partial charge in [-0.05, 0) is 85.0 Å². The highest BCUT2D eigenvalue weighted by Crippen LogP contribution is 2.47. The Hall–Kier alpha value is -4.84. The van der Waals surface area contributed by atoms with Gasteiger partial charge in [0.15, 0.2) is 0 Å². The molecule has 2 N–H and O–H groups in total. The van der Waals surface area contributed by atoms with Crippen molar-refractivity contribution in [3.05, 3.63) is 119 Å². The van der Waals surface area contributed by atoms with E-state index in [0.717, 1.165) is 52.1 Å². The largest absolute Gasteiger partial charge is 0.371 e. The standard InChI is InChI=1S/C42H46N4O2/c1-26(2)22-37(41(47)43-31-18-20-32(21-19-31)45-24-28(4)23-29(5)25-45)46-40(33-10-6-7-11-34(33)42(46)48)38-35-12-8-9-13-36(35)44-39(38)30-16-14-27(3)15-17-30/h6-21,26,28-29,37,40,44H,22-25H2,1-5H3,(H,43,47). The number of aryl methyl sites for hydroxylation is 1. The minimum absolute atomic E-state index is 0.111. The normalized spacial score (nSPS) is 20.0. The number of hydrogen-bond acceptors (Lipinski definition) is 3. The second-order valence-electron chi connectivity index (χ2n) is 14.6. The minimum atomic E-state index is -0.682. The van der Waals surface area contributed by atoms with E-state index in [1.165, 1.54) is 17.7 Å². The van der Waals surface area contributed by atoms with E-state index < -0.39 is 12.1 Å². The van der Waals surface area contributed by atoms with Gasteiger partial charge in [0.25, 0.3) is 5.91 Å². The van der Waals surface area contributed by atoms with E-state index in [0.29, 0.717) is 23.8 Å². The van der Waals surface area contributed by atoms with E-state index in [1.807, 2.05) is 53.4 Å². The molecule has 3 heterocycles. The minimum Gasteiger partial charge on any atom is -0.371 e. The monoisotopic (exact) mass is 638 g/mol. The van der Waals surface area contributed by atoms with E-state index in [4.69, 9.17) is 0 Å². The van der Waals surface area contributed by atoms with Crippen LogP contribution in [0.15, 0.2) is 97.1 Å². The zero-order valence-electron chi connectivity index (χ0n) is 28.7. The molecule has 0 saturated carbocycles. The maximum Gasteiger partial charge on any atom is 0.255 e. The number of carbonyl (C=O) groups is 2. The van der Waals surface area contributed by atoms with Crippen LogP contribution in [0.4, 0.5) is 11.4 Å². The third kappa shape index (κ3) is 6.00. The van der Waals surface area contributed by atoms with Crippen molar-refractivity contribution in [1.29, 1.82) is 0 Å². The molecule has 6 heteroatoms. The number of para-hydroxylation sites is 1. The predicted molar refractivity (Wildman–Crippen MR) is 196 cm³/mol. The van der Waals surface area contributed by atoms with Gasteiger partial charge in [0.1, 0.15) is 6.04 Å². The number of piperidine rings is 1. The first kappa shape index (κ1) is 31.7. The Morgan fingerprint density at radius 3 is 2.25 bits per heavy atom. The molecule has 2 aliphatic heterocycles. The van der Waals surface area contributed by atoms with Crippen molar-refractivity contribution in [2.45, 2.75) is 59.5 Å².